The van der Waals surface area contributed by atoms with Gasteiger partial charge in [-0.05, 0) is 71.3 Å². The summed E-state index contributed by atoms with van der Waals surface area (Å²) in [5.41, 5.74) is 6.48. The second-order valence-electron chi connectivity index (χ2n) is 7.49. The molecule has 3 aromatic carbocycles. The van der Waals surface area contributed by atoms with Crippen molar-refractivity contribution in [1.82, 2.24) is 0 Å². The van der Waals surface area contributed by atoms with Crippen molar-refractivity contribution in [1.29, 1.82) is 0 Å². The number of sulfonamides is 1. The highest BCUT2D eigenvalue weighted by molar-refractivity contribution is 7.92. The van der Waals surface area contributed by atoms with Gasteiger partial charge in [-0.15, -0.1) is 0 Å². The van der Waals surface area contributed by atoms with Crippen LogP contribution in [-0.2, 0) is 29.3 Å². The maximum absolute atomic E-state index is 11.6. The first-order chi connectivity index (χ1) is 13.8. The average Bonchev–Trinajstić information content (AvgIpc) is 2.79. The van der Waals surface area contributed by atoms with Crippen LogP contribution < -0.4 is 4.72 Å². The molecule has 1 aliphatic rings. The van der Waals surface area contributed by atoms with Gasteiger partial charge in [-0.3, -0.25) is 4.72 Å². The summed E-state index contributed by atoms with van der Waals surface area (Å²) >= 11 is 12.9. The van der Waals surface area contributed by atoms with Crippen LogP contribution in [-0.4, -0.2) is 14.7 Å². The Morgan fingerprint density at radius 3 is 2.55 bits per heavy atom. The van der Waals surface area contributed by atoms with Crippen molar-refractivity contribution in [2.75, 3.05) is 11.0 Å². The molecule has 0 saturated carbocycles. The first-order valence-corrected chi connectivity index (χ1v) is 12.1. The zero-order valence-corrected chi connectivity index (χ0v) is 18.3. The number of fused-ring (bicyclic) bond motifs is 2. The Labute approximate surface area is 181 Å². The smallest absolute Gasteiger partial charge is 0.229 e. The van der Waals surface area contributed by atoms with Gasteiger partial charge in [0, 0.05) is 21.7 Å². The van der Waals surface area contributed by atoms with Crippen LogP contribution in [0.25, 0.3) is 0 Å². The third-order valence-corrected chi connectivity index (χ3v) is 6.48. The van der Waals surface area contributed by atoms with E-state index in [0.29, 0.717) is 15.7 Å². The predicted molar refractivity (Wildman–Crippen MR) is 121 cm³/mol. The maximum atomic E-state index is 11.6. The number of rotatable bonds is 4. The van der Waals surface area contributed by atoms with E-state index in [9.17, 15) is 8.42 Å². The molecule has 0 radical (unpaired) electrons. The molecule has 6 heteroatoms. The van der Waals surface area contributed by atoms with E-state index in [1.54, 1.807) is 6.07 Å². The molecule has 0 saturated heterocycles. The monoisotopic (exact) mass is 445 g/mol. The van der Waals surface area contributed by atoms with Gasteiger partial charge in [-0.25, -0.2) is 8.42 Å². The molecule has 0 aromatic heterocycles. The zero-order chi connectivity index (χ0) is 20.6. The van der Waals surface area contributed by atoms with Gasteiger partial charge < -0.3 is 0 Å². The number of nitrogens with one attached hydrogen (secondary N) is 1. The van der Waals surface area contributed by atoms with Crippen molar-refractivity contribution >= 4 is 38.9 Å². The van der Waals surface area contributed by atoms with Crippen molar-refractivity contribution in [3.63, 3.8) is 0 Å². The number of benzene rings is 3. The molecule has 0 fully saturated rings. The molecule has 0 bridgehead atoms. The largest absolute Gasteiger partial charge is 0.284 e. The summed E-state index contributed by atoms with van der Waals surface area (Å²) in [6.45, 7) is 0. The topological polar surface area (TPSA) is 46.2 Å². The van der Waals surface area contributed by atoms with E-state index in [-0.39, 0.29) is 5.92 Å². The van der Waals surface area contributed by atoms with E-state index in [0.717, 1.165) is 42.2 Å². The summed E-state index contributed by atoms with van der Waals surface area (Å²) < 4.78 is 25.8. The molecule has 4 rings (SSSR count). The number of aryl methyl sites for hydroxylation is 1. The number of hydrogen-bond acceptors (Lipinski definition) is 2. The number of hydrogen-bond donors (Lipinski definition) is 1. The summed E-state index contributed by atoms with van der Waals surface area (Å²) in [7, 11) is -3.33. The summed E-state index contributed by atoms with van der Waals surface area (Å²) in [6, 6.07) is 19.8. The van der Waals surface area contributed by atoms with Crippen molar-refractivity contribution < 1.29 is 8.42 Å². The van der Waals surface area contributed by atoms with Gasteiger partial charge in [0.15, 0.2) is 0 Å². The van der Waals surface area contributed by atoms with Gasteiger partial charge in [0.1, 0.15) is 0 Å². The van der Waals surface area contributed by atoms with Crippen molar-refractivity contribution in [3.05, 3.63) is 98.5 Å². The predicted octanol–water partition coefficient (Wildman–Crippen LogP) is 5.84. The van der Waals surface area contributed by atoms with Gasteiger partial charge >= 0.3 is 0 Å². The highest BCUT2D eigenvalue weighted by Gasteiger charge is 2.26. The third kappa shape index (κ3) is 4.61. The quantitative estimate of drug-likeness (QED) is 0.548. The Balaban J connectivity index is 1.80. The second kappa shape index (κ2) is 8.02. The summed E-state index contributed by atoms with van der Waals surface area (Å²) in [5, 5.41) is 1.34. The Morgan fingerprint density at radius 1 is 0.966 bits per heavy atom. The molecule has 150 valence electrons. The lowest BCUT2D eigenvalue weighted by Crippen LogP contribution is -2.11. The van der Waals surface area contributed by atoms with Crippen LogP contribution in [0, 0.1) is 0 Å². The standard InChI is InChI=1S/C23H21Cl2NO2S/c1-29(27,28)26-18-7-4-5-15(11-18)12-21-19-8-3-2-6-16(19)9-10-20-22(21)13-17(24)14-23(20)25/h2-8,11,13-14,21,26H,9-10,12H2,1H3. The van der Waals surface area contributed by atoms with Gasteiger partial charge in [-0.1, -0.05) is 59.6 Å². The minimum atomic E-state index is -3.33. The third-order valence-electron chi connectivity index (χ3n) is 5.32. The zero-order valence-electron chi connectivity index (χ0n) is 16.0. The molecule has 3 nitrogen and oxygen atoms in total. The maximum Gasteiger partial charge on any atom is 0.229 e. The fourth-order valence-electron chi connectivity index (χ4n) is 4.16. The fraction of sp³-hybridized carbons (Fsp3) is 0.217. The SMILES string of the molecule is CS(=O)(=O)Nc1cccc(CC2c3ccccc3CCc3c(Cl)cc(Cl)cc32)c1. The summed E-state index contributed by atoms with van der Waals surface area (Å²) in [6.07, 6.45) is 3.67. The lowest BCUT2D eigenvalue weighted by atomic mass is 9.83. The molecule has 1 atom stereocenters. The molecule has 29 heavy (non-hydrogen) atoms. The first kappa shape index (κ1) is 20.3. The van der Waals surface area contributed by atoms with Crippen molar-refractivity contribution in [2.45, 2.75) is 25.2 Å². The van der Waals surface area contributed by atoms with Crippen LogP contribution in [0.15, 0.2) is 60.7 Å². The van der Waals surface area contributed by atoms with Crippen LogP contribution in [0.1, 0.15) is 33.7 Å². The molecule has 0 amide bonds. The molecule has 1 unspecified atom stereocenters. The molecule has 0 heterocycles. The Hall–Kier alpha value is -2.01. The summed E-state index contributed by atoms with van der Waals surface area (Å²) in [4.78, 5) is 0. The first-order valence-electron chi connectivity index (χ1n) is 9.42. The molecule has 3 aromatic rings. The highest BCUT2D eigenvalue weighted by Crippen LogP contribution is 2.40. The van der Waals surface area contributed by atoms with Gasteiger partial charge in [-0.2, -0.15) is 0 Å². The van der Waals surface area contributed by atoms with E-state index in [1.807, 2.05) is 30.3 Å². The highest BCUT2D eigenvalue weighted by atomic mass is 35.5. The fourth-order valence-corrected chi connectivity index (χ4v) is 5.32. The Kier molecular flexibility index (Phi) is 5.60. The normalized spacial score (nSPS) is 15.9. The molecular formula is C23H21Cl2NO2S. The van der Waals surface area contributed by atoms with Crippen LogP contribution in [0.4, 0.5) is 5.69 Å². The van der Waals surface area contributed by atoms with Crippen molar-refractivity contribution in [2.24, 2.45) is 0 Å². The molecule has 0 spiro atoms. The minimum absolute atomic E-state index is 0.0911. The lowest BCUT2D eigenvalue weighted by Gasteiger charge is -2.22. The molecular weight excluding hydrogens is 425 g/mol. The Bertz CT molecular complexity index is 1180. The molecule has 1 aliphatic carbocycles. The van der Waals surface area contributed by atoms with E-state index in [4.69, 9.17) is 23.2 Å². The van der Waals surface area contributed by atoms with Crippen LogP contribution in [0.3, 0.4) is 0 Å². The second-order valence-corrected chi connectivity index (χ2v) is 10.1. The minimum Gasteiger partial charge on any atom is -0.284 e. The van der Waals surface area contributed by atoms with Crippen LogP contribution in [0.2, 0.25) is 10.0 Å². The van der Waals surface area contributed by atoms with Gasteiger partial charge in [0.25, 0.3) is 0 Å². The average molecular weight is 446 g/mol. The summed E-state index contributed by atoms with van der Waals surface area (Å²) in [5.74, 6) is 0.0911. The number of anilines is 1. The van der Waals surface area contributed by atoms with Crippen molar-refractivity contribution in [3.8, 4) is 0 Å². The van der Waals surface area contributed by atoms with E-state index < -0.39 is 10.0 Å². The van der Waals surface area contributed by atoms with E-state index >= 15 is 0 Å². The van der Waals surface area contributed by atoms with Gasteiger partial charge in [0.2, 0.25) is 10.0 Å². The van der Waals surface area contributed by atoms with E-state index in [2.05, 4.69) is 29.0 Å². The lowest BCUT2D eigenvalue weighted by molar-refractivity contribution is 0.607. The molecule has 0 aliphatic heterocycles. The van der Waals surface area contributed by atoms with E-state index in [1.165, 1.54) is 11.1 Å². The van der Waals surface area contributed by atoms with Gasteiger partial charge in [0.05, 0.1) is 6.26 Å². The van der Waals surface area contributed by atoms with Crippen LogP contribution in [0.5, 0.6) is 0 Å². The Morgan fingerprint density at radius 2 is 1.76 bits per heavy atom. The number of halogens is 2. The van der Waals surface area contributed by atoms with Crippen LogP contribution >= 0.6 is 23.2 Å². The molecule has 1 N–H and O–H groups in total.